The molecule has 0 aliphatic heterocycles. The fraction of sp³-hybridized carbons (Fsp3) is 0.400. The van der Waals surface area contributed by atoms with Crippen LogP contribution in [-0.2, 0) is 11.0 Å². The first-order valence-electron chi connectivity index (χ1n) is 8.49. The highest BCUT2D eigenvalue weighted by atomic mass is 127. The van der Waals surface area contributed by atoms with Gasteiger partial charge in [-0.25, -0.2) is 0 Å². The lowest BCUT2D eigenvalue weighted by Gasteiger charge is -2.19. The number of halogens is 1. The zero-order valence-electron chi connectivity index (χ0n) is 15.8. The summed E-state index contributed by atoms with van der Waals surface area (Å²) in [6.07, 6.45) is 0.573. The Kier molecular flexibility index (Phi) is 7.05. The lowest BCUT2D eigenvalue weighted by Crippen LogP contribution is -2.06. The first kappa shape index (κ1) is 21.1. The molecule has 0 bridgehead atoms. The molecule has 4 nitrogen and oxygen atoms in total. The molecule has 2 aromatic carbocycles. The molecule has 0 radical (unpaired) electrons. The predicted molar refractivity (Wildman–Crippen MR) is 114 cm³/mol. The van der Waals surface area contributed by atoms with Crippen molar-refractivity contribution in [3.05, 3.63) is 55.1 Å². The van der Waals surface area contributed by atoms with Crippen LogP contribution in [0.3, 0.4) is 0 Å². The highest BCUT2D eigenvalue weighted by molar-refractivity contribution is 14.1. The number of aromatic hydroxyl groups is 1. The largest absolute Gasteiger partial charge is 0.547 e. The molecule has 2 aromatic rings. The normalized spacial score (nSPS) is 11.8. The van der Waals surface area contributed by atoms with Crippen molar-refractivity contribution in [2.24, 2.45) is 0 Å². The van der Waals surface area contributed by atoms with Crippen LogP contribution in [-0.4, -0.2) is 16.3 Å². The minimum absolute atomic E-state index is 0.194. The fourth-order valence-corrected chi connectivity index (χ4v) is 4.21. The molecule has 0 aromatic heterocycles. The Morgan fingerprint density at radius 1 is 1.15 bits per heavy atom. The number of phenolic OH excluding ortho intramolecular Hbond substituents is 1. The standard InChI is InChI=1S/C20H24IO4P/c1-11(2)16-8-15(6-7-18(16)22)9-17-12(3)13(4)20(19(21)14(17)5)25-10-26(23)24/h6-8,11H,9-10H2,1-5H3,(H-,22,23,24)/p+1. The zero-order chi connectivity index (χ0) is 19.6. The van der Waals surface area contributed by atoms with Crippen molar-refractivity contribution < 1.29 is 19.3 Å². The van der Waals surface area contributed by atoms with E-state index < -0.39 is 8.03 Å². The van der Waals surface area contributed by atoms with Gasteiger partial charge >= 0.3 is 14.4 Å². The molecule has 140 valence electrons. The van der Waals surface area contributed by atoms with Crippen LogP contribution in [0.2, 0.25) is 0 Å². The molecule has 0 aliphatic carbocycles. The van der Waals surface area contributed by atoms with E-state index in [0.717, 1.165) is 37.8 Å². The third-order valence-electron chi connectivity index (χ3n) is 4.75. The van der Waals surface area contributed by atoms with Crippen LogP contribution in [0.5, 0.6) is 11.5 Å². The van der Waals surface area contributed by atoms with Gasteiger partial charge in [-0.3, -0.25) is 0 Å². The predicted octanol–water partition coefficient (Wildman–Crippen LogP) is 5.71. The average molecular weight is 487 g/mol. The number of rotatable bonds is 6. The van der Waals surface area contributed by atoms with Gasteiger partial charge in [0, 0.05) is 0 Å². The summed E-state index contributed by atoms with van der Waals surface area (Å²) in [5.74, 6) is 1.29. The molecule has 0 aliphatic rings. The van der Waals surface area contributed by atoms with Crippen molar-refractivity contribution in [3.63, 3.8) is 0 Å². The van der Waals surface area contributed by atoms with Gasteiger partial charge in [0.15, 0.2) is 0 Å². The summed E-state index contributed by atoms with van der Waals surface area (Å²) >= 11 is 2.24. The maximum Gasteiger partial charge on any atom is 0.547 e. The molecule has 6 heteroatoms. The van der Waals surface area contributed by atoms with Gasteiger partial charge in [0.2, 0.25) is 0 Å². The Balaban J connectivity index is 2.45. The summed E-state index contributed by atoms with van der Waals surface area (Å²) in [5, 5.41) is 10.0. The molecule has 1 atom stereocenters. The van der Waals surface area contributed by atoms with Gasteiger partial charge in [-0.1, -0.05) is 26.0 Å². The van der Waals surface area contributed by atoms with E-state index in [9.17, 15) is 9.67 Å². The Morgan fingerprint density at radius 2 is 1.81 bits per heavy atom. The first-order valence-corrected chi connectivity index (χ1v) is 11.0. The van der Waals surface area contributed by atoms with Gasteiger partial charge in [0.25, 0.3) is 0 Å². The van der Waals surface area contributed by atoms with Crippen LogP contribution in [0.1, 0.15) is 53.1 Å². The van der Waals surface area contributed by atoms with Gasteiger partial charge in [0.05, 0.1) is 3.57 Å². The van der Waals surface area contributed by atoms with E-state index in [1.165, 1.54) is 5.56 Å². The van der Waals surface area contributed by atoms with E-state index in [-0.39, 0.29) is 12.3 Å². The summed E-state index contributed by atoms with van der Waals surface area (Å²) in [5.41, 5.74) is 6.58. The Bertz CT molecular complexity index is 817. The maximum atomic E-state index is 11.0. The highest BCUT2D eigenvalue weighted by Crippen LogP contribution is 2.37. The van der Waals surface area contributed by atoms with E-state index >= 15 is 0 Å². The molecule has 2 N–H and O–H groups in total. The molecular formula is C20H25IO4P+. The van der Waals surface area contributed by atoms with Crippen LogP contribution in [0, 0.1) is 24.3 Å². The number of phenols is 1. The Morgan fingerprint density at radius 3 is 2.38 bits per heavy atom. The maximum absolute atomic E-state index is 11.0. The molecule has 0 saturated heterocycles. The van der Waals surface area contributed by atoms with Crippen LogP contribution >= 0.6 is 30.6 Å². The summed E-state index contributed by atoms with van der Waals surface area (Å²) in [4.78, 5) is 9.04. The second-order valence-electron chi connectivity index (χ2n) is 6.85. The second kappa shape index (κ2) is 8.68. The zero-order valence-corrected chi connectivity index (χ0v) is 18.8. The van der Waals surface area contributed by atoms with E-state index in [4.69, 9.17) is 9.63 Å². The van der Waals surface area contributed by atoms with Crippen molar-refractivity contribution in [3.8, 4) is 11.5 Å². The van der Waals surface area contributed by atoms with Gasteiger partial charge in [0.1, 0.15) is 11.5 Å². The van der Waals surface area contributed by atoms with Gasteiger partial charge < -0.3 is 9.84 Å². The van der Waals surface area contributed by atoms with Crippen LogP contribution in [0.15, 0.2) is 18.2 Å². The second-order valence-corrected chi connectivity index (χ2v) is 8.89. The van der Waals surface area contributed by atoms with Crippen molar-refractivity contribution in [2.45, 2.75) is 47.0 Å². The lowest BCUT2D eigenvalue weighted by molar-refractivity contribution is 0.355. The fourth-order valence-electron chi connectivity index (χ4n) is 3.08. The lowest BCUT2D eigenvalue weighted by atomic mass is 9.90. The van der Waals surface area contributed by atoms with E-state index in [2.05, 4.69) is 56.4 Å². The number of ether oxygens (including phenoxy) is 1. The number of hydrogen-bond acceptors (Lipinski definition) is 3. The summed E-state index contributed by atoms with van der Waals surface area (Å²) < 4.78 is 17.5. The number of hydrogen-bond donors (Lipinski definition) is 2. The Labute approximate surface area is 169 Å². The van der Waals surface area contributed by atoms with Crippen molar-refractivity contribution in [1.82, 2.24) is 0 Å². The third-order valence-corrected chi connectivity index (χ3v) is 6.40. The SMILES string of the molecule is Cc1c(C)c(OC[P+](=O)O)c(I)c(C)c1Cc1ccc(O)c(C(C)C)c1. The summed E-state index contributed by atoms with van der Waals surface area (Å²) in [6, 6.07) is 5.80. The average Bonchev–Trinajstić information content (AvgIpc) is 2.57. The van der Waals surface area contributed by atoms with E-state index in [1.807, 2.05) is 13.0 Å². The van der Waals surface area contributed by atoms with Crippen LogP contribution in [0.25, 0.3) is 0 Å². The highest BCUT2D eigenvalue weighted by Gasteiger charge is 2.20. The molecule has 2 rings (SSSR count). The molecule has 0 fully saturated rings. The third kappa shape index (κ3) is 4.56. The molecule has 1 unspecified atom stereocenters. The smallest absolute Gasteiger partial charge is 0.508 e. The topological polar surface area (TPSA) is 66.8 Å². The Hall–Kier alpha value is -1.17. The molecule has 0 heterocycles. The van der Waals surface area contributed by atoms with Gasteiger partial charge in [-0.15, -0.1) is 0 Å². The minimum atomic E-state index is -2.33. The quantitative estimate of drug-likeness (QED) is 0.405. The van der Waals surface area contributed by atoms with Gasteiger partial charge in [-0.05, 0) is 99.7 Å². The van der Waals surface area contributed by atoms with Crippen molar-refractivity contribution in [1.29, 1.82) is 0 Å². The van der Waals surface area contributed by atoms with Crippen molar-refractivity contribution >= 4 is 30.6 Å². The molecule has 26 heavy (non-hydrogen) atoms. The van der Waals surface area contributed by atoms with E-state index in [1.54, 1.807) is 6.07 Å². The summed E-state index contributed by atoms with van der Waals surface area (Å²) in [7, 11) is -2.33. The van der Waals surface area contributed by atoms with Crippen LogP contribution in [0.4, 0.5) is 0 Å². The number of benzene rings is 2. The van der Waals surface area contributed by atoms with Gasteiger partial charge in [-0.2, -0.15) is 4.89 Å². The molecule has 0 spiro atoms. The summed E-state index contributed by atoms with van der Waals surface area (Å²) in [6.45, 7) is 10.2. The van der Waals surface area contributed by atoms with E-state index in [0.29, 0.717) is 11.5 Å². The molecule has 0 amide bonds. The minimum Gasteiger partial charge on any atom is -0.508 e. The van der Waals surface area contributed by atoms with Crippen molar-refractivity contribution in [2.75, 3.05) is 6.35 Å². The first-order chi connectivity index (χ1) is 12.1. The van der Waals surface area contributed by atoms with Crippen LogP contribution < -0.4 is 4.74 Å². The molecule has 0 saturated carbocycles. The monoisotopic (exact) mass is 487 g/mol. The molecular weight excluding hydrogens is 462 g/mol.